The standard InChI is InChI=1S/C20H20ClN3O2S/c1-23(10-13-5-4-6-14(21)9-13)17(25)11-24-12-22-19-18(20(24)26)15-7-2-3-8-16(15)27-19/h4-6,9,12H,2-3,7-8,10-11H2,1H3. The number of fused-ring (bicyclic) bond motifs is 3. The molecule has 0 atom stereocenters. The van der Waals surface area contributed by atoms with Gasteiger partial charge in [-0.3, -0.25) is 14.2 Å². The summed E-state index contributed by atoms with van der Waals surface area (Å²) in [6, 6.07) is 7.42. The number of rotatable bonds is 4. The Balaban J connectivity index is 1.56. The molecule has 7 heteroatoms. The average Bonchev–Trinajstić information content (AvgIpc) is 3.03. The van der Waals surface area contributed by atoms with Gasteiger partial charge in [-0.1, -0.05) is 23.7 Å². The molecule has 0 fully saturated rings. The van der Waals surface area contributed by atoms with E-state index in [9.17, 15) is 9.59 Å². The van der Waals surface area contributed by atoms with Gasteiger partial charge < -0.3 is 4.90 Å². The van der Waals surface area contributed by atoms with Crippen molar-refractivity contribution in [2.45, 2.75) is 38.8 Å². The number of aryl methyl sites for hydroxylation is 2. The van der Waals surface area contributed by atoms with Crippen LogP contribution in [0.15, 0.2) is 35.4 Å². The highest BCUT2D eigenvalue weighted by Gasteiger charge is 2.21. The molecule has 1 aliphatic carbocycles. The molecule has 2 aromatic heterocycles. The number of hydrogen-bond donors (Lipinski definition) is 0. The minimum absolute atomic E-state index is 0.0105. The number of nitrogens with zero attached hydrogens (tertiary/aromatic N) is 3. The van der Waals surface area contributed by atoms with E-state index in [0.29, 0.717) is 17.0 Å². The first kappa shape index (κ1) is 18.2. The van der Waals surface area contributed by atoms with E-state index in [-0.39, 0.29) is 18.0 Å². The van der Waals surface area contributed by atoms with Crippen molar-refractivity contribution in [3.05, 3.63) is 62.0 Å². The normalized spacial score (nSPS) is 13.6. The molecule has 3 aromatic rings. The Labute approximate surface area is 166 Å². The summed E-state index contributed by atoms with van der Waals surface area (Å²) in [6.45, 7) is 0.432. The lowest BCUT2D eigenvalue weighted by Crippen LogP contribution is -2.33. The molecule has 4 rings (SSSR count). The van der Waals surface area contributed by atoms with Crippen LogP contribution in [-0.4, -0.2) is 27.4 Å². The number of carbonyl (C=O) groups excluding carboxylic acids is 1. The lowest BCUT2D eigenvalue weighted by molar-refractivity contribution is -0.131. The molecule has 2 heterocycles. The highest BCUT2D eigenvalue weighted by molar-refractivity contribution is 7.18. The highest BCUT2D eigenvalue weighted by Crippen LogP contribution is 2.33. The maximum atomic E-state index is 13.0. The summed E-state index contributed by atoms with van der Waals surface area (Å²) in [6.07, 6.45) is 5.73. The largest absolute Gasteiger partial charge is 0.340 e. The number of benzene rings is 1. The highest BCUT2D eigenvalue weighted by atomic mass is 35.5. The van der Waals surface area contributed by atoms with Crippen LogP contribution in [0.3, 0.4) is 0 Å². The van der Waals surface area contributed by atoms with Crippen LogP contribution in [0.2, 0.25) is 5.02 Å². The summed E-state index contributed by atoms with van der Waals surface area (Å²) in [5.74, 6) is -0.137. The van der Waals surface area contributed by atoms with E-state index in [0.717, 1.165) is 35.2 Å². The molecule has 1 aliphatic rings. The van der Waals surface area contributed by atoms with Crippen LogP contribution in [0.5, 0.6) is 0 Å². The maximum absolute atomic E-state index is 13.0. The zero-order chi connectivity index (χ0) is 19.0. The summed E-state index contributed by atoms with van der Waals surface area (Å²) >= 11 is 7.62. The SMILES string of the molecule is CN(Cc1cccc(Cl)c1)C(=O)Cn1cnc2sc3c(c2c1=O)CCCC3. The number of likely N-dealkylation sites (N-methyl/N-ethyl adjacent to an activating group) is 1. The third-order valence-electron chi connectivity index (χ3n) is 4.98. The van der Waals surface area contributed by atoms with Crippen LogP contribution < -0.4 is 5.56 Å². The van der Waals surface area contributed by atoms with Crippen LogP contribution in [0.25, 0.3) is 10.2 Å². The average molecular weight is 402 g/mol. The Morgan fingerprint density at radius 1 is 1.33 bits per heavy atom. The molecule has 5 nitrogen and oxygen atoms in total. The second-order valence-corrected chi connectivity index (χ2v) is 8.47. The van der Waals surface area contributed by atoms with Gasteiger partial charge in [-0.05, 0) is 48.9 Å². The van der Waals surface area contributed by atoms with Gasteiger partial charge in [-0.2, -0.15) is 0 Å². The van der Waals surface area contributed by atoms with Gasteiger partial charge in [-0.25, -0.2) is 4.98 Å². The molecule has 27 heavy (non-hydrogen) atoms. The molecule has 0 radical (unpaired) electrons. The number of hydrogen-bond acceptors (Lipinski definition) is 4. The minimum Gasteiger partial charge on any atom is -0.340 e. The van der Waals surface area contributed by atoms with Gasteiger partial charge in [0.25, 0.3) is 5.56 Å². The second kappa shape index (κ2) is 7.44. The fourth-order valence-electron chi connectivity index (χ4n) is 3.56. The lowest BCUT2D eigenvalue weighted by atomic mass is 9.97. The van der Waals surface area contributed by atoms with Crippen molar-refractivity contribution in [1.29, 1.82) is 0 Å². The van der Waals surface area contributed by atoms with E-state index in [4.69, 9.17) is 11.6 Å². The van der Waals surface area contributed by atoms with E-state index in [1.165, 1.54) is 22.2 Å². The first-order chi connectivity index (χ1) is 13.0. The zero-order valence-corrected chi connectivity index (χ0v) is 16.6. The number of thiophene rings is 1. The van der Waals surface area contributed by atoms with Crippen molar-refractivity contribution >= 4 is 39.1 Å². The van der Waals surface area contributed by atoms with Crippen LogP contribution >= 0.6 is 22.9 Å². The molecule has 0 saturated heterocycles. The van der Waals surface area contributed by atoms with Crippen molar-refractivity contribution in [2.75, 3.05) is 7.05 Å². The predicted molar refractivity (Wildman–Crippen MR) is 108 cm³/mol. The summed E-state index contributed by atoms with van der Waals surface area (Å²) in [4.78, 5) is 33.7. The molecule has 0 aliphatic heterocycles. The summed E-state index contributed by atoms with van der Waals surface area (Å²) in [5.41, 5.74) is 1.99. The zero-order valence-electron chi connectivity index (χ0n) is 15.1. The summed E-state index contributed by atoms with van der Waals surface area (Å²) in [5, 5.41) is 1.35. The van der Waals surface area contributed by atoms with Crippen molar-refractivity contribution in [3.8, 4) is 0 Å². The molecule has 0 N–H and O–H groups in total. The van der Waals surface area contributed by atoms with Gasteiger partial charge in [0.1, 0.15) is 11.4 Å². The summed E-state index contributed by atoms with van der Waals surface area (Å²) in [7, 11) is 1.73. The smallest absolute Gasteiger partial charge is 0.262 e. The van der Waals surface area contributed by atoms with Crippen LogP contribution in [0.1, 0.15) is 28.8 Å². The van der Waals surface area contributed by atoms with Crippen LogP contribution in [0.4, 0.5) is 0 Å². The second-order valence-electron chi connectivity index (χ2n) is 6.95. The van der Waals surface area contributed by atoms with Crippen molar-refractivity contribution in [1.82, 2.24) is 14.5 Å². The molecule has 1 aromatic carbocycles. The molecular weight excluding hydrogens is 382 g/mol. The molecule has 0 saturated carbocycles. The van der Waals surface area contributed by atoms with Crippen LogP contribution in [-0.2, 0) is 30.7 Å². The first-order valence-corrected chi connectivity index (χ1v) is 10.2. The minimum atomic E-state index is -0.137. The third-order valence-corrected chi connectivity index (χ3v) is 6.42. The lowest BCUT2D eigenvalue weighted by Gasteiger charge is -2.18. The van der Waals surface area contributed by atoms with E-state index in [2.05, 4.69) is 4.98 Å². The molecule has 0 unspecified atom stereocenters. The third kappa shape index (κ3) is 3.64. The quantitative estimate of drug-likeness (QED) is 0.670. The molecule has 140 valence electrons. The Hall–Kier alpha value is -2.18. The monoisotopic (exact) mass is 401 g/mol. The molecule has 0 spiro atoms. The number of amides is 1. The number of halogens is 1. The van der Waals surface area contributed by atoms with E-state index in [1.54, 1.807) is 29.4 Å². The van der Waals surface area contributed by atoms with Gasteiger partial charge in [0.15, 0.2) is 0 Å². The fourth-order valence-corrected chi connectivity index (χ4v) is 4.99. The Kier molecular flexibility index (Phi) is 5.02. The van der Waals surface area contributed by atoms with Gasteiger partial charge in [0, 0.05) is 23.5 Å². The molecule has 1 amide bonds. The van der Waals surface area contributed by atoms with E-state index >= 15 is 0 Å². The molecular formula is C20H20ClN3O2S. The first-order valence-electron chi connectivity index (χ1n) is 9.01. The Bertz CT molecular complexity index is 1070. The Morgan fingerprint density at radius 3 is 2.96 bits per heavy atom. The van der Waals surface area contributed by atoms with Gasteiger partial charge in [0.2, 0.25) is 5.91 Å². The van der Waals surface area contributed by atoms with Crippen LogP contribution in [0, 0.1) is 0 Å². The van der Waals surface area contributed by atoms with E-state index < -0.39 is 0 Å². The van der Waals surface area contributed by atoms with Crippen molar-refractivity contribution < 1.29 is 4.79 Å². The van der Waals surface area contributed by atoms with Crippen molar-refractivity contribution in [3.63, 3.8) is 0 Å². The number of aromatic nitrogens is 2. The predicted octanol–water partition coefficient (Wildman–Crippen LogP) is 3.65. The summed E-state index contributed by atoms with van der Waals surface area (Å²) < 4.78 is 1.43. The van der Waals surface area contributed by atoms with Gasteiger partial charge in [0.05, 0.1) is 11.7 Å². The molecule has 0 bridgehead atoms. The Morgan fingerprint density at radius 2 is 2.15 bits per heavy atom. The van der Waals surface area contributed by atoms with Crippen molar-refractivity contribution in [2.24, 2.45) is 0 Å². The van der Waals surface area contributed by atoms with Gasteiger partial charge >= 0.3 is 0 Å². The maximum Gasteiger partial charge on any atom is 0.262 e. The fraction of sp³-hybridized carbons (Fsp3) is 0.350. The number of carbonyl (C=O) groups is 1. The van der Waals surface area contributed by atoms with Gasteiger partial charge in [-0.15, -0.1) is 11.3 Å². The van der Waals surface area contributed by atoms with E-state index in [1.807, 2.05) is 18.2 Å². The topological polar surface area (TPSA) is 55.2 Å².